The van der Waals surface area contributed by atoms with Crippen LogP contribution in [0.2, 0.25) is 10.0 Å². The van der Waals surface area contributed by atoms with Crippen LogP contribution in [0.4, 0.5) is 10.5 Å². The number of carbonyl (C=O) groups is 2. The maximum Gasteiger partial charge on any atom is 0.293 e. The number of nitrogens with zero attached hydrogens (tertiary/aromatic N) is 2. The molecule has 7 nitrogen and oxygen atoms in total. The average molecular weight is 673 g/mol. The minimum absolute atomic E-state index is 0.0213. The van der Waals surface area contributed by atoms with Crippen LogP contribution in [-0.4, -0.2) is 21.0 Å². The summed E-state index contributed by atoms with van der Waals surface area (Å²) < 4.78 is 7.20. The molecule has 0 radical (unpaired) electrons. The van der Waals surface area contributed by atoms with Gasteiger partial charge in [0.05, 0.1) is 25.3 Å². The molecule has 12 heteroatoms. The zero-order valence-corrected chi connectivity index (χ0v) is 23.5. The molecule has 1 aliphatic rings. The van der Waals surface area contributed by atoms with Gasteiger partial charge in [-0.3, -0.25) is 24.6 Å². The van der Waals surface area contributed by atoms with Gasteiger partial charge in [-0.25, -0.2) is 0 Å². The smallest absolute Gasteiger partial charge is 0.293 e. The van der Waals surface area contributed by atoms with Crippen LogP contribution >= 0.6 is 66.8 Å². The van der Waals surface area contributed by atoms with Gasteiger partial charge in [-0.2, -0.15) is 0 Å². The molecule has 1 heterocycles. The molecule has 36 heavy (non-hydrogen) atoms. The minimum Gasteiger partial charge on any atom is -0.486 e. The number of hydrogen-bond donors (Lipinski definition) is 0. The first kappa shape index (κ1) is 26.7. The Bertz CT molecular complexity index is 1390. The number of carbonyl (C=O) groups excluding carboxylic acids is 2. The van der Waals surface area contributed by atoms with E-state index < -0.39 is 16.1 Å². The van der Waals surface area contributed by atoms with Crippen LogP contribution in [0.3, 0.4) is 0 Å². The third kappa shape index (κ3) is 6.12. The Kier molecular flexibility index (Phi) is 8.41. The van der Waals surface area contributed by atoms with Crippen LogP contribution in [0, 0.1) is 10.1 Å². The number of halogens is 4. The van der Waals surface area contributed by atoms with Crippen molar-refractivity contribution in [1.82, 2.24) is 4.90 Å². The second-order valence-electron chi connectivity index (χ2n) is 7.53. The summed E-state index contributed by atoms with van der Waals surface area (Å²) in [5, 5.41) is 11.4. The van der Waals surface area contributed by atoms with E-state index >= 15 is 0 Å². The van der Waals surface area contributed by atoms with Gasteiger partial charge in [-0.15, -0.1) is 0 Å². The molecule has 1 fully saturated rings. The number of benzene rings is 3. The Hall–Kier alpha value is -2.37. The summed E-state index contributed by atoms with van der Waals surface area (Å²) in [6, 6.07) is 14.4. The van der Waals surface area contributed by atoms with E-state index in [0.29, 0.717) is 35.9 Å². The fraction of sp³-hybridized carbons (Fsp3) is 0.0833. The largest absolute Gasteiger partial charge is 0.486 e. The van der Waals surface area contributed by atoms with Crippen LogP contribution < -0.4 is 4.74 Å². The maximum absolute atomic E-state index is 12.9. The Morgan fingerprint density at radius 3 is 2.31 bits per heavy atom. The molecule has 0 N–H and O–H groups in total. The lowest BCUT2D eigenvalue weighted by Crippen LogP contribution is -2.27. The van der Waals surface area contributed by atoms with Crippen molar-refractivity contribution < 1.29 is 19.2 Å². The molecular formula is C24H14Br2Cl2N2O5S. The molecule has 184 valence electrons. The van der Waals surface area contributed by atoms with Crippen LogP contribution in [0.15, 0.2) is 68.4 Å². The van der Waals surface area contributed by atoms with Gasteiger partial charge in [0.15, 0.2) is 0 Å². The molecule has 2 amide bonds. The normalized spacial score (nSPS) is 14.6. The highest BCUT2D eigenvalue weighted by Crippen LogP contribution is 2.39. The molecule has 0 spiro atoms. The number of nitro groups is 1. The van der Waals surface area contributed by atoms with Crippen molar-refractivity contribution in [2.45, 2.75) is 13.2 Å². The van der Waals surface area contributed by atoms with Gasteiger partial charge in [0, 0.05) is 27.7 Å². The van der Waals surface area contributed by atoms with Gasteiger partial charge in [0.25, 0.3) is 16.8 Å². The van der Waals surface area contributed by atoms with E-state index in [1.165, 1.54) is 24.3 Å². The molecule has 1 saturated heterocycles. The lowest BCUT2D eigenvalue weighted by atomic mass is 10.2. The molecule has 0 bridgehead atoms. The third-order valence-corrected chi connectivity index (χ3v) is 7.74. The first-order chi connectivity index (χ1) is 17.1. The van der Waals surface area contributed by atoms with E-state index in [1.807, 2.05) is 0 Å². The Morgan fingerprint density at radius 2 is 1.69 bits per heavy atom. The van der Waals surface area contributed by atoms with Crippen molar-refractivity contribution in [2.75, 3.05) is 0 Å². The predicted octanol–water partition coefficient (Wildman–Crippen LogP) is 8.24. The Labute approximate surface area is 236 Å². The first-order valence-corrected chi connectivity index (χ1v) is 13.3. The summed E-state index contributed by atoms with van der Waals surface area (Å²) in [5.41, 5.74) is 1.99. The highest BCUT2D eigenvalue weighted by atomic mass is 79.9. The third-order valence-electron chi connectivity index (χ3n) is 5.07. The van der Waals surface area contributed by atoms with E-state index in [9.17, 15) is 19.7 Å². The topological polar surface area (TPSA) is 89.8 Å². The number of hydrogen-bond acceptors (Lipinski definition) is 6. The standard InChI is InChI=1S/C24H14Br2Cl2N2O5S/c25-18-7-14(8-19(26)22(18)35-12-15-3-4-16(27)10-20(15)28)9-21-23(31)29(24(32)36-21)11-13-1-5-17(6-2-13)30(33)34/h1-10H,11-12H2/b21-9-. The van der Waals surface area contributed by atoms with Gasteiger partial charge in [-0.05, 0) is 85.1 Å². The molecule has 0 aliphatic carbocycles. The van der Waals surface area contributed by atoms with Crippen LogP contribution in [0.5, 0.6) is 5.75 Å². The van der Waals surface area contributed by atoms with Gasteiger partial charge >= 0.3 is 0 Å². The van der Waals surface area contributed by atoms with Crippen LogP contribution in [0.1, 0.15) is 16.7 Å². The van der Waals surface area contributed by atoms with Crippen molar-refractivity contribution in [3.63, 3.8) is 0 Å². The molecule has 0 aromatic heterocycles. The summed E-state index contributed by atoms with van der Waals surface area (Å²) >= 11 is 20.0. The molecule has 0 atom stereocenters. The second kappa shape index (κ2) is 11.4. The van der Waals surface area contributed by atoms with Crippen LogP contribution in [0.25, 0.3) is 6.08 Å². The number of rotatable bonds is 7. The lowest BCUT2D eigenvalue weighted by molar-refractivity contribution is -0.384. The van der Waals surface area contributed by atoms with E-state index in [1.54, 1.807) is 36.4 Å². The molecule has 1 aliphatic heterocycles. The summed E-state index contributed by atoms with van der Waals surface area (Å²) in [7, 11) is 0. The number of thioether (sulfide) groups is 1. The quantitative estimate of drug-likeness (QED) is 0.143. The zero-order chi connectivity index (χ0) is 26.0. The van der Waals surface area contributed by atoms with Crippen molar-refractivity contribution in [3.05, 3.63) is 105 Å². The zero-order valence-electron chi connectivity index (χ0n) is 18.0. The summed E-state index contributed by atoms with van der Waals surface area (Å²) in [5.74, 6) is 0.109. The molecule has 3 aromatic carbocycles. The van der Waals surface area contributed by atoms with E-state index in [2.05, 4.69) is 31.9 Å². The molecule has 4 rings (SSSR count). The number of imide groups is 1. The summed E-state index contributed by atoms with van der Waals surface area (Å²) in [6.45, 7) is 0.238. The van der Waals surface area contributed by atoms with Crippen molar-refractivity contribution in [1.29, 1.82) is 0 Å². The van der Waals surface area contributed by atoms with E-state index in [-0.39, 0.29) is 23.7 Å². The number of ether oxygens (including phenoxy) is 1. The SMILES string of the molecule is O=C1S/C(=C\c2cc(Br)c(OCc3ccc(Cl)cc3Cl)c(Br)c2)C(=O)N1Cc1ccc([N+](=O)[O-])cc1. The maximum atomic E-state index is 12.9. The predicted molar refractivity (Wildman–Crippen MR) is 147 cm³/mol. The van der Waals surface area contributed by atoms with Gasteiger partial charge in [-0.1, -0.05) is 41.4 Å². The van der Waals surface area contributed by atoms with Gasteiger partial charge in [0.2, 0.25) is 0 Å². The van der Waals surface area contributed by atoms with Gasteiger partial charge in [0.1, 0.15) is 12.4 Å². The van der Waals surface area contributed by atoms with Gasteiger partial charge < -0.3 is 4.74 Å². The highest BCUT2D eigenvalue weighted by molar-refractivity contribution is 9.11. The highest BCUT2D eigenvalue weighted by Gasteiger charge is 2.35. The van der Waals surface area contributed by atoms with Crippen molar-refractivity contribution in [3.8, 4) is 5.75 Å². The summed E-state index contributed by atoms with van der Waals surface area (Å²) in [4.78, 5) is 37.1. The van der Waals surface area contributed by atoms with E-state index in [4.69, 9.17) is 27.9 Å². The molecule has 3 aromatic rings. The Morgan fingerprint density at radius 1 is 1.03 bits per heavy atom. The Balaban J connectivity index is 1.48. The average Bonchev–Trinajstić information content (AvgIpc) is 3.07. The molecule has 0 unspecified atom stereocenters. The fourth-order valence-electron chi connectivity index (χ4n) is 3.28. The number of amides is 2. The van der Waals surface area contributed by atoms with E-state index in [0.717, 1.165) is 22.2 Å². The monoisotopic (exact) mass is 670 g/mol. The molecular weight excluding hydrogens is 659 g/mol. The summed E-state index contributed by atoms with van der Waals surface area (Å²) in [6.07, 6.45) is 1.62. The second-order valence-corrected chi connectivity index (χ2v) is 11.1. The van der Waals surface area contributed by atoms with Crippen molar-refractivity contribution in [2.24, 2.45) is 0 Å². The van der Waals surface area contributed by atoms with Crippen LogP contribution in [-0.2, 0) is 17.9 Å². The minimum atomic E-state index is -0.508. The number of nitro benzene ring substituents is 1. The van der Waals surface area contributed by atoms with Crippen molar-refractivity contribution >= 4 is 89.7 Å². The fourth-order valence-corrected chi connectivity index (χ4v) is 6.03. The first-order valence-electron chi connectivity index (χ1n) is 10.2. The lowest BCUT2D eigenvalue weighted by Gasteiger charge is -2.13. The molecule has 0 saturated carbocycles. The number of non-ortho nitro benzene ring substituents is 1.